The molecule has 0 atom stereocenters. The van der Waals surface area contributed by atoms with E-state index in [0.717, 1.165) is 17.0 Å². The van der Waals surface area contributed by atoms with Gasteiger partial charge in [-0.3, -0.25) is 14.3 Å². The van der Waals surface area contributed by atoms with Crippen LogP contribution < -0.4 is 10.1 Å². The Labute approximate surface area is 168 Å². The fraction of sp³-hybridized carbons (Fsp3) is 0.300. The van der Waals surface area contributed by atoms with Gasteiger partial charge in [-0.05, 0) is 30.2 Å². The second-order valence-electron chi connectivity index (χ2n) is 6.57. The highest BCUT2D eigenvalue weighted by molar-refractivity contribution is 7.99. The van der Waals surface area contributed by atoms with E-state index in [1.165, 1.54) is 11.8 Å². The minimum absolute atomic E-state index is 0.0237. The van der Waals surface area contributed by atoms with E-state index < -0.39 is 0 Å². The summed E-state index contributed by atoms with van der Waals surface area (Å²) in [4.78, 5) is 16.2. The molecule has 1 aromatic carbocycles. The molecule has 0 radical (unpaired) electrons. The Morgan fingerprint density at radius 2 is 2.00 bits per heavy atom. The van der Waals surface area contributed by atoms with Crippen molar-refractivity contribution in [2.75, 3.05) is 19.4 Å². The average Bonchev–Trinajstić information content (AvgIpc) is 3.15. The molecule has 0 saturated heterocycles. The van der Waals surface area contributed by atoms with Gasteiger partial charge in [0.15, 0.2) is 11.0 Å². The van der Waals surface area contributed by atoms with E-state index in [1.807, 2.05) is 41.0 Å². The fourth-order valence-corrected chi connectivity index (χ4v) is 3.31. The Balaban J connectivity index is 1.92. The van der Waals surface area contributed by atoms with Crippen LogP contribution in [0.15, 0.2) is 53.9 Å². The van der Waals surface area contributed by atoms with Crippen molar-refractivity contribution in [3.05, 3.63) is 48.8 Å². The van der Waals surface area contributed by atoms with Crippen LogP contribution in [-0.2, 0) is 4.79 Å². The molecule has 0 aliphatic heterocycles. The second-order valence-corrected chi connectivity index (χ2v) is 7.51. The van der Waals surface area contributed by atoms with Crippen LogP contribution in [0.4, 0.5) is 0 Å². The van der Waals surface area contributed by atoms with E-state index in [2.05, 4.69) is 34.3 Å². The first-order valence-electron chi connectivity index (χ1n) is 8.98. The number of methoxy groups -OCH3 is 1. The first kappa shape index (κ1) is 19.9. The number of hydrogen-bond acceptors (Lipinski definition) is 6. The summed E-state index contributed by atoms with van der Waals surface area (Å²) in [6.45, 7) is 4.78. The van der Waals surface area contributed by atoms with Gasteiger partial charge in [-0.15, -0.1) is 10.2 Å². The summed E-state index contributed by atoms with van der Waals surface area (Å²) in [5.41, 5.74) is 1.75. The molecule has 2 aromatic heterocycles. The van der Waals surface area contributed by atoms with Crippen LogP contribution in [0, 0.1) is 5.92 Å². The molecule has 3 rings (SSSR count). The largest absolute Gasteiger partial charge is 0.497 e. The van der Waals surface area contributed by atoms with Crippen molar-refractivity contribution in [1.82, 2.24) is 25.1 Å². The zero-order valence-corrected chi connectivity index (χ0v) is 16.9. The summed E-state index contributed by atoms with van der Waals surface area (Å²) in [5, 5.41) is 12.3. The average molecular weight is 398 g/mol. The first-order chi connectivity index (χ1) is 13.6. The van der Waals surface area contributed by atoms with Crippen LogP contribution in [0.1, 0.15) is 13.8 Å². The molecule has 0 bridgehead atoms. The summed E-state index contributed by atoms with van der Waals surface area (Å²) >= 11 is 1.35. The highest BCUT2D eigenvalue weighted by Gasteiger charge is 2.17. The van der Waals surface area contributed by atoms with Gasteiger partial charge in [0.25, 0.3) is 0 Å². The summed E-state index contributed by atoms with van der Waals surface area (Å²) in [6.07, 6.45) is 3.43. The number of rotatable bonds is 8. The molecule has 28 heavy (non-hydrogen) atoms. The van der Waals surface area contributed by atoms with Crippen LogP contribution in [0.3, 0.4) is 0 Å². The van der Waals surface area contributed by atoms with Crippen molar-refractivity contribution in [3.8, 4) is 22.8 Å². The van der Waals surface area contributed by atoms with Crippen molar-refractivity contribution in [3.63, 3.8) is 0 Å². The van der Waals surface area contributed by atoms with E-state index in [4.69, 9.17) is 4.74 Å². The predicted molar refractivity (Wildman–Crippen MR) is 110 cm³/mol. The third-order valence-corrected chi connectivity index (χ3v) is 4.85. The van der Waals surface area contributed by atoms with E-state index in [1.54, 1.807) is 19.5 Å². The Morgan fingerprint density at radius 1 is 1.21 bits per heavy atom. The van der Waals surface area contributed by atoms with Gasteiger partial charge < -0.3 is 10.1 Å². The maximum atomic E-state index is 12.1. The molecule has 1 N–H and O–H groups in total. The minimum atomic E-state index is -0.0237. The first-order valence-corrected chi connectivity index (χ1v) is 9.96. The number of ether oxygens (including phenoxy) is 1. The quantitative estimate of drug-likeness (QED) is 0.588. The maximum absolute atomic E-state index is 12.1. The van der Waals surface area contributed by atoms with Crippen molar-refractivity contribution < 1.29 is 9.53 Å². The number of pyridine rings is 1. The fourth-order valence-electron chi connectivity index (χ4n) is 2.53. The van der Waals surface area contributed by atoms with E-state index in [0.29, 0.717) is 23.4 Å². The molecule has 0 spiro atoms. The molecule has 0 aliphatic carbocycles. The highest BCUT2D eigenvalue weighted by atomic mass is 32.2. The van der Waals surface area contributed by atoms with Gasteiger partial charge in [-0.1, -0.05) is 31.7 Å². The molecule has 7 nitrogen and oxygen atoms in total. The molecular formula is C20H23N5O2S. The zero-order chi connectivity index (χ0) is 19.9. The number of carbonyl (C=O) groups is 1. The van der Waals surface area contributed by atoms with Crippen LogP contribution in [0.25, 0.3) is 17.1 Å². The lowest BCUT2D eigenvalue weighted by Gasteiger charge is -2.12. The molecule has 8 heteroatoms. The summed E-state index contributed by atoms with van der Waals surface area (Å²) in [7, 11) is 1.63. The lowest BCUT2D eigenvalue weighted by molar-refractivity contribution is -0.118. The van der Waals surface area contributed by atoms with Gasteiger partial charge in [-0.25, -0.2) is 0 Å². The molecule has 1 amide bonds. The number of thioether (sulfide) groups is 1. The maximum Gasteiger partial charge on any atom is 0.230 e. The van der Waals surface area contributed by atoms with Crippen molar-refractivity contribution in [2.24, 2.45) is 5.92 Å². The van der Waals surface area contributed by atoms with Crippen LogP contribution in [-0.4, -0.2) is 45.1 Å². The number of nitrogens with one attached hydrogen (secondary N) is 1. The van der Waals surface area contributed by atoms with Gasteiger partial charge in [-0.2, -0.15) is 0 Å². The number of carbonyl (C=O) groups excluding carboxylic acids is 1. The van der Waals surface area contributed by atoms with Gasteiger partial charge in [0, 0.05) is 30.6 Å². The van der Waals surface area contributed by atoms with Gasteiger partial charge in [0.2, 0.25) is 5.91 Å². The van der Waals surface area contributed by atoms with Gasteiger partial charge >= 0.3 is 0 Å². The van der Waals surface area contributed by atoms with Crippen molar-refractivity contribution in [1.29, 1.82) is 0 Å². The predicted octanol–water partition coefficient (Wildman–Crippen LogP) is 3.20. The molecule has 2 heterocycles. The molecule has 0 unspecified atom stereocenters. The Hall–Kier alpha value is -2.87. The van der Waals surface area contributed by atoms with Crippen LogP contribution >= 0.6 is 11.8 Å². The van der Waals surface area contributed by atoms with Crippen molar-refractivity contribution in [2.45, 2.75) is 19.0 Å². The minimum Gasteiger partial charge on any atom is -0.497 e. The van der Waals surface area contributed by atoms with Crippen LogP contribution in [0.5, 0.6) is 5.75 Å². The smallest absolute Gasteiger partial charge is 0.230 e. The summed E-state index contributed by atoms with van der Waals surface area (Å²) in [5.74, 6) is 2.07. The monoisotopic (exact) mass is 397 g/mol. The third-order valence-electron chi connectivity index (χ3n) is 3.92. The van der Waals surface area contributed by atoms with E-state index >= 15 is 0 Å². The number of benzene rings is 1. The summed E-state index contributed by atoms with van der Waals surface area (Å²) < 4.78 is 7.28. The zero-order valence-electron chi connectivity index (χ0n) is 16.1. The SMILES string of the molecule is COc1cccc(-n2c(SCC(=O)NCC(C)C)nnc2-c2ccncc2)c1. The molecular weight excluding hydrogens is 374 g/mol. The van der Waals surface area contributed by atoms with Gasteiger partial charge in [0.05, 0.1) is 18.6 Å². The molecule has 0 aliphatic rings. The lowest BCUT2D eigenvalue weighted by Crippen LogP contribution is -2.28. The molecule has 0 saturated carbocycles. The number of amides is 1. The highest BCUT2D eigenvalue weighted by Crippen LogP contribution is 2.29. The summed E-state index contributed by atoms with van der Waals surface area (Å²) in [6, 6.07) is 11.4. The Bertz CT molecular complexity index is 927. The van der Waals surface area contributed by atoms with E-state index in [9.17, 15) is 4.79 Å². The standard InChI is InChI=1S/C20H23N5O2S/c1-14(2)12-22-18(26)13-28-20-24-23-19(15-7-9-21-10-8-15)25(20)16-5-4-6-17(11-16)27-3/h4-11,14H,12-13H2,1-3H3,(H,22,26). The molecule has 3 aromatic rings. The molecule has 146 valence electrons. The van der Waals surface area contributed by atoms with Crippen molar-refractivity contribution >= 4 is 17.7 Å². The van der Waals surface area contributed by atoms with E-state index in [-0.39, 0.29) is 11.7 Å². The third kappa shape index (κ3) is 4.89. The normalized spacial score (nSPS) is 10.9. The second kappa shape index (κ2) is 9.36. The Kier molecular flexibility index (Phi) is 6.65. The van der Waals surface area contributed by atoms with Crippen LogP contribution in [0.2, 0.25) is 0 Å². The number of nitrogens with zero attached hydrogens (tertiary/aromatic N) is 4. The number of hydrogen-bond donors (Lipinski definition) is 1. The topological polar surface area (TPSA) is 81.9 Å². The number of aromatic nitrogens is 4. The molecule has 0 fully saturated rings. The Morgan fingerprint density at radius 3 is 2.71 bits per heavy atom. The lowest BCUT2D eigenvalue weighted by atomic mass is 10.2. The van der Waals surface area contributed by atoms with Gasteiger partial charge in [0.1, 0.15) is 5.75 Å².